The molecular weight excluding hydrogens is 252 g/mol. The third kappa shape index (κ3) is 5.46. The fourth-order valence-corrected chi connectivity index (χ4v) is 1.95. The van der Waals surface area contributed by atoms with Gasteiger partial charge in [0.25, 0.3) is 0 Å². The van der Waals surface area contributed by atoms with Crippen molar-refractivity contribution in [2.75, 3.05) is 32.2 Å². The number of methoxy groups -OCH3 is 1. The molecular formula is C12H20N2O3S. The van der Waals surface area contributed by atoms with E-state index in [0.29, 0.717) is 11.6 Å². The summed E-state index contributed by atoms with van der Waals surface area (Å²) in [5, 5.41) is 5.57. The van der Waals surface area contributed by atoms with Gasteiger partial charge in [0.05, 0.1) is 7.11 Å². The van der Waals surface area contributed by atoms with Crippen LogP contribution in [0, 0.1) is 5.92 Å². The zero-order valence-corrected chi connectivity index (χ0v) is 11.9. The Morgan fingerprint density at radius 2 is 2.33 bits per heavy atom. The molecule has 0 fully saturated rings. The van der Waals surface area contributed by atoms with Crippen molar-refractivity contribution < 1.29 is 14.3 Å². The molecule has 1 N–H and O–H groups in total. The molecule has 0 aliphatic carbocycles. The third-order valence-electron chi connectivity index (χ3n) is 2.09. The molecule has 1 heterocycles. The summed E-state index contributed by atoms with van der Waals surface area (Å²) in [6, 6.07) is 0. The number of carbonyl (C=O) groups is 1. The number of aromatic nitrogens is 1. The van der Waals surface area contributed by atoms with Crippen LogP contribution >= 0.6 is 11.3 Å². The monoisotopic (exact) mass is 272 g/mol. The fraction of sp³-hybridized carbons (Fsp3) is 0.667. The molecule has 0 atom stereocenters. The van der Waals surface area contributed by atoms with E-state index in [1.165, 1.54) is 18.4 Å². The molecule has 0 amide bonds. The smallest absolute Gasteiger partial charge is 0.357 e. The van der Waals surface area contributed by atoms with E-state index in [1.807, 2.05) is 0 Å². The van der Waals surface area contributed by atoms with Crippen LogP contribution in [0.5, 0.6) is 0 Å². The molecule has 18 heavy (non-hydrogen) atoms. The van der Waals surface area contributed by atoms with Gasteiger partial charge in [0.1, 0.15) is 0 Å². The maximum absolute atomic E-state index is 11.2. The Hall–Kier alpha value is -1.14. The number of rotatable bonds is 8. The molecule has 0 radical (unpaired) electrons. The topological polar surface area (TPSA) is 60.5 Å². The second-order valence-electron chi connectivity index (χ2n) is 4.28. The highest BCUT2D eigenvalue weighted by molar-refractivity contribution is 7.13. The van der Waals surface area contributed by atoms with Crippen LogP contribution in [0.25, 0.3) is 0 Å². The number of nitrogens with one attached hydrogen (secondary N) is 1. The van der Waals surface area contributed by atoms with Gasteiger partial charge in [-0.25, -0.2) is 9.78 Å². The van der Waals surface area contributed by atoms with Gasteiger partial charge in [-0.2, -0.15) is 0 Å². The number of anilines is 1. The van der Waals surface area contributed by atoms with Gasteiger partial charge in [-0.3, -0.25) is 0 Å². The number of hydrogen-bond donors (Lipinski definition) is 1. The van der Waals surface area contributed by atoms with Crippen molar-refractivity contribution in [2.45, 2.75) is 20.3 Å². The van der Waals surface area contributed by atoms with Crippen LogP contribution in [-0.4, -0.2) is 37.8 Å². The van der Waals surface area contributed by atoms with Crippen molar-refractivity contribution in [3.05, 3.63) is 11.1 Å². The van der Waals surface area contributed by atoms with E-state index >= 15 is 0 Å². The first-order chi connectivity index (χ1) is 8.63. The molecule has 0 saturated carbocycles. The van der Waals surface area contributed by atoms with Crippen molar-refractivity contribution in [3.8, 4) is 0 Å². The molecule has 5 nitrogen and oxygen atoms in total. The molecule has 0 saturated heterocycles. The second-order valence-corrected chi connectivity index (χ2v) is 5.14. The molecule has 0 bridgehead atoms. The molecule has 102 valence electrons. The van der Waals surface area contributed by atoms with E-state index in [0.717, 1.165) is 31.3 Å². The van der Waals surface area contributed by atoms with Crippen molar-refractivity contribution in [3.63, 3.8) is 0 Å². The normalized spacial score (nSPS) is 10.7. The van der Waals surface area contributed by atoms with Gasteiger partial charge in [0, 0.05) is 25.1 Å². The van der Waals surface area contributed by atoms with E-state index in [1.54, 1.807) is 5.38 Å². The van der Waals surface area contributed by atoms with Crippen LogP contribution in [0.3, 0.4) is 0 Å². The largest absolute Gasteiger partial charge is 0.464 e. The predicted molar refractivity (Wildman–Crippen MR) is 72.2 cm³/mol. The summed E-state index contributed by atoms with van der Waals surface area (Å²) in [5.74, 6) is 0.166. The Morgan fingerprint density at radius 3 is 3.00 bits per heavy atom. The van der Waals surface area contributed by atoms with Gasteiger partial charge in [-0.1, -0.05) is 13.8 Å². The van der Waals surface area contributed by atoms with Gasteiger partial charge >= 0.3 is 5.97 Å². The quantitative estimate of drug-likeness (QED) is 0.581. The van der Waals surface area contributed by atoms with Gasteiger partial charge in [-0.15, -0.1) is 11.3 Å². The predicted octanol–water partition coefficient (Wildman–Crippen LogP) is 2.40. The molecule has 0 aromatic carbocycles. The fourth-order valence-electron chi connectivity index (χ4n) is 1.24. The van der Waals surface area contributed by atoms with Crippen LogP contribution < -0.4 is 5.32 Å². The second kappa shape index (κ2) is 8.05. The van der Waals surface area contributed by atoms with Crippen molar-refractivity contribution in [2.24, 2.45) is 5.92 Å². The highest BCUT2D eigenvalue weighted by Crippen LogP contribution is 2.15. The summed E-state index contributed by atoms with van der Waals surface area (Å²) in [7, 11) is 1.35. The van der Waals surface area contributed by atoms with Crippen LogP contribution in [-0.2, 0) is 9.47 Å². The van der Waals surface area contributed by atoms with Gasteiger partial charge in [0.15, 0.2) is 10.8 Å². The summed E-state index contributed by atoms with van der Waals surface area (Å²) in [6.45, 7) is 6.57. The average Bonchev–Trinajstić information content (AvgIpc) is 2.81. The minimum absolute atomic E-state index is 0.348. The Morgan fingerprint density at radius 1 is 1.56 bits per heavy atom. The summed E-state index contributed by atoms with van der Waals surface area (Å²) >= 11 is 1.40. The molecule has 1 rings (SSSR count). The first-order valence-electron chi connectivity index (χ1n) is 5.99. The van der Waals surface area contributed by atoms with Crippen molar-refractivity contribution in [1.29, 1.82) is 0 Å². The SMILES string of the molecule is COC(=O)c1csc(NCCCOCC(C)C)n1. The highest BCUT2D eigenvalue weighted by Gasteiger charge is 2.09. The standard InChI is InChI=1S/C12H20N2O3S/c1-9(2)7-17-6-4-5-13-12-14-10(8-18-12)11(15)16-3/h8-9H,4-7H2,1-3H3,(H,13,14). The Balaban J connectivity index is 2.16. The van der Waals surface area contributed by atoms with E-state index in [-0.39, 0.29) is 0 Å². The van der Waals surface area contributed by atoms with Crippen LogP contribution in [0.15, 0.2) is 5.38 Å². The average molecular weight is 272 g/mol. The zero-order chi connectivity index (χ0) is 13.4. The van der Waals surface area contributed by atoms with E-state index < -0.39 is 5.97 Å². The lowest BCUT2D eigenvalue weighted by Crippen LogP contribution is -2.08. The van der Waals surface area contributed by atoms with Gasteiger partial charge in [0.2, 0.25) is 0 Å². The summed E-state index contributed by atoms with van der Waals surface area (Å²) in [4.78, 5) is 15.3. The zero-order valence-electron chi connectivity index (χ0n) is 11.1. The lowest BCUT2D eigenvalue weighted by atomic mass is 10.2. The molecule has 0 aliphatic heterocycles. The van der Waals surface area contributed by atoms with Crippen molar-refractivity contribution >= 4 is 22.4 Å². The highest BCUT2D eigenvalue weighted by atomic mass is 32.1. The third-order valence-corrected chi connectivity index (χ3v) is 2.89. The van der Waals surface area contributed by atoms with Crippen LogP contribution in [0.2, 0.25) is 0 Å². The van der Waals surface area contributed by atoms with E-state index in [4.69, 9.17) is 4.74 Å². The summed E-state index contributed by atoms with van der Waals surface area (Å²) in [5.41, 5.74) is 0.348. The first kappa shape index (κ1) is 14.9. The minimum Gasteiger partial charge on any atom is -0.464 e. The number of thiazole rings is 1. The molecule has 0 unspecified atom stereocenters. The molecule has 6 heteroatoms. The van der Waals surface area contributed by atoms with Gasteiger partial charge in [-0.05, 0) is 12.3 Å². The maximum atomic E-state index is 11.2. The van der Waals surface area contributed by atoms with Crippen LogP contribution in [0.1, 0.15) is 30.8 Å². The van der Waals surface area contributed by atoms with Crippen molar-refractivity contribution in [1.82, 2.24) is 4.98 Å². The molecule has 1 aromatic rings. The number of nitrogens with zero attached hydrogens (tertiary/aromatic N) is 1. The molecule has 0 aliphatic rings. The van der Waals surface area contributed by atoms with Gasteiger partial charge < -0.3 is 14.8 Å². The molecule has 0 spiro atoms. The van der Waals surface area contributed by atoms with E-state index in [2.05, 4.69) is 28.9 Å². The Labute approximate surface area is 112 Å². The number of hydrogen-bond acceptors (Lipinski definition) is 6. The summed E-state index contributed by atoms with van der Waals surface area (Å²) < 4.78 is 10.0. The number of esters is 1. The molecule has 1 aromatic heterocycles. The minimum atomic E-state index is -0.403. The number of ether oxygens (including phenoxy) is 2. The maximum Gasteiger partial charge on any atom is 0.357 e. The first-order valence-corrected chi connectivity index (χ1v) is 6.87. The lowest BCUT2D eigenvalue weighted by Gasteiger charge is -2.06. The van der Waals surface area contributed by atoms with Crippen LogP contribution in [0.4, 0.5) is 5.13 Å². The summed E-state index contributed by atoms with van der Waals surface area (Å²) in [6.07, 6.45) is 0.917. The number of carbonyl (C=O) groups excluding carboxylic acids is 1. The Kier molecular flexibility index (Phi) is 6.67. The van der Waals surface area contributed by atoms with E-state index in [9.17, 15) is 4.79 Å². The lowest BCUT2D eigenvalue weighted by molar-refractivity contribution is 0.0595. The Bertz CT molecular complexity index is 366.